The van der Waals surface area contributed by atoms with Gasteiger partial charge in [-0.1, -0.05) is 78.4 Å². The van der Waals surface area contributed by atoms with Gasteiger partial charge in [-0.25, -0.2) is 0 Å². The maximum atomic E-state index is 9.51. The molecule has 2 heteroatoms. The molecule has 0 spiro atoms. The van der Waals surface area contributed by atoms with Gasteiger partial charge in [0.1, 0.15) is 12.4 Å². The van der Waals surface area contributed by atoms with Crippen LogP contribution in [0.2, 0.25) is 0 Å². The van der Waals surface area contributed by atoms with Crippen molar-refractivity contribution in [3.8, 4) is 11.8 Å². The van der Waals surface area contributed by atoms with E-state index in [9.17, 15) is 5.26 Å². The summed E-state index contributed by atoms with van der Waals surface area (Å²) in [6.45, 7) is 2.56. The lowest BCUT2D eigenvalue weighted by Gasteiger charge is -2.08. The highest BCUT2D eigenvalue weighted by molar-refractivity contribution is 5.89. The zero-order valence-electron chi connectivity index (χ0n) is 16.3. The second-order valence-corrected chi connectivity index (χ2v) is 7.08. The second-order valence-electron chi connectivity index (χ2n) is 7.08. The highest BCUT2D eigenvalue weighted by Gasteiger charge is 2.02. The topological polar surface area (TPSA) is 33.0 Å². The van der Waals surface area contributed by atoms with Crippen LogP contribution in [0.25, 0.3) is 22.4 Å². The molecule has 0 bridgehead atoms. The number of benzene rings is 4. The van der Waals surface area contributed by atoms with E-state index in [2.05, 4.69) is 36.4 Å². The quantitative estimate of drug-likeness (QED) is 0.284. The summed E-state index contributed by atoms with van der Waals surface area (Å²) >= 11 is 0. The predicted octanol–water partition coefficient (Wildman–Crippen LogP) is 6.79. The molecule has 0 fully saturated rings. The van der Waals surface area contributed by atoms with Gasteiger partial charge in [0.15, 0.2) is 0 Å². The first-order chi connectivity index (χ1) is 14.2. The number of fused-ring (bicyclic) bond motifs is 1. The number of nitrogens with zero attached hydrogens (tertiary/aromatic N) is 1. The molecule has 0 amide bonds. The Kier molecular flexibility index (Phi) is 5.40. The van der Waals surface area contributed by atoms with Crippen molar-refractivity contribution in [3.05, 3.63) is 113 Å². The van der Waals surface area contributed by atoms with Crippen molar-refractivity contribution in [1.82, 2.24) is 0 Å². The summed E-state index contributed by atoms with van der Waals surface area (Å²) in [7, 11) is 0. The molecule has 0 N–H and O–H groups in total. The Hall–Kier alpha value is -3.83. The molecule has 0 saturated carbocycles. The first kappa shape index (κ1) is 18.5. The monoisotopic (exact) mass is 375 g/mol. The van der Waals surface area contributed by atoms with Crippen molar-refractivity contribution < 1.29 is 4.74 Å². The van der Waals surface area contributed by atoms with Crippen LogP contribution in [-0.4, -0.2) is 0 Å². The van der Waals surface area contributed by atoms with Crippen molar-refractivity contribution in [3.63, 3.8) is 0 Å². The molecule has 4 rings (SSSR count). The SMILES string of the molecule is Cc1ccc(/C(C#N)=C\c2ccc(OCc3ccc4ccccc4c3)cc2)cc1. The van der Waals surface area contributed by atoms with Crippen molar-refractivity contribution in [2.24, 2.45) is 0 Å². The Labute approximate surface area is 171 Å². The Morgan fingerprint density at radius 3 is 2.31 bits per heavy atom. The van der Waals surface area contributed by atoms with E-state index in [1.807, 2.05) is 73.7 Å². The molecule has 0 aliphatic carbocycles. The summed E-state index contributed by atoms with van der Waals surface area (Å²) < 4.78 is 5.94. The third-order valence-electron chi connectivity index (χ3n) is 4.89. The molecule has 0 aliphatic rings. The molecule has 140 valence electrons. The average molecular weight is 375 g/mol. The number of hydrogen-bond donors (Lipinski definition) is 0. The molecule has 4 aromatic rings. The molecular weight excluding hydrogens is 354 g/mol. The van der Waals surface area contributed by atoms with E-state index < -0.39 is 0 Å². The second kappa shape index (κ2) is 8.46. The van der Waals surface area contributed by atoms with Crippen LogP contribution in [0.5, 0.6) is 5.75 Å². The van der Waals surface area contributed by atoms with Crippen LogP contribution in [0.15, 0.2) is 91.0 Å². The van der Waals surface area contributed by atoms with E-state index >= 15 is 0 Å². The minimum absolute atomic E-state index is 0.521. The fourth-order valence-corrected chi connectivity index (χ4v) is 3.24. The van der Waals surface area contributed by atoms with E-state index in [1.165, 1.54) is 16.3 Å². The average Bonchev–Trinajstić information content (AvgIpc) is 2.77. The smallest absolute Gasteiger partial charge is 0.119 e. The largest absolute Gasteiger partial charge is 0.489 e. The summed E-state index contributed by atoms with van der Waals surface area (Å²) in [6.07, 6.45) is 1.90. The summed E-state index contributed by atoms with van der Waals surface area (Å²) in [5.74, 6) is 0.809. The maximum absolute atomic E-state index is 9.51. The van der Waals surface area contributed by atoms with Crippen LogP contribution < -0.4 is 4.74 Å². The van der Waals surface area contributed by atoms with Gasteiger partial charge in [-0.15, -0.1) is 0 Å². The van der Waals surface area contributed by atoms with Gasteiger partial charge in [0.2, 0.25) is 0 Å². The van der Waals surface area contributed by atoms with Gasteiger partial charge in [-0.05, 0) is 58.7 Å². The lowest BCUT2D eigenvalue weighted by Crippen LogP contribution is -1.95. The van der Waals surface area contributed by atoms with Crippen LogP contribution >= 0.6 is 0 Å². The Morgan fingerprint density at radius 1 is 0.862 bits per heavy atom. The van der Waals surface area contributed by atoms with Crippen molar-refractivity contribution in [2.75, 3.05) is 0 Å². The van der Waals surface area contributed by atoms with Gasteiger partial charge in [-0.2, -0.15) is 5.26 Å². The fraction of sp³-hybridized carbons (Fsp3) is 0.0741. The van der Waals surface area contributed by atoms with Crippen LogP contribution in [0.3, 0.4) is 0 Å². The lowest BCUT2D eigenvalue weighted by atomic mass is 10.0. The van der Waals surface area contributed by atoms with Gasteiger partial charge in [-0.3, -0.25) is 0 Å². The summed E-state index contributed by atoms with van der Waals surface area (Å²) in [6, 6.07) is 32.8. The maximum Gasteiger partial charge on any atom is 0.119 e. The number of allylic oxidation sites excluding steroid dienone is 1. The van der Waals surface area contributed by atoms with E-state index in [0.29, 0.717) is 12.2 Å². The van der Waals surface area contributed by atoms with Crippen LogP contribution in [-0.2, 0) is 6.61 Å². The van der Waals surface area contributed by atoms with Crippen molar-refractivity contribution in [2.45, 2.75) is 13.5 Å². The van der Waals surface area contributed by atoms with E-state index in [0.717, 1.165) is 22.4 Å². The van der Waals surface area contributed by atoms with Crippen LogP contribution in [0.4, 0.5) is 0 Å². The molecule has 29 heavy (non-hydrogen) atoms. The molecule has 0 aromatic heterocycles. The molecule has 2 nitrogen and oxygen atoms in total. The Morgan fingerprint density at radius 2 is 1.59 bits per heavy atom. The van der Waals surface area contributed by atoms with E-state index in [4.69, 9.17) is 4.74 Å². The highest BCUT2D eigenvalue weighted by atomic mass is 16.5. The minimum atomic E-state index is 0.521. The predicted molar refractivity (Wildman–Crippen MR) is 119 cm³/mol. The highest BCUT2D eigenvalue weighted by Crippen LogP contribution is 2.21. The zero-order chi connectivity index (χ0) is 20.1. The van der Waals surface area contributed by atoms with Crippen molar-refractivity contribution >= 4 is 22.4 Å². The van der Waals surface area contributed by atoms with Gasteiger partial charge in [0.25, 0.3) is 0 Å². The molecule has 0 atom stereocenters. The summed E-state index contributed by atoms with van der Waals surface area (Å²) in [5.41, 5.74) is 4.86. The fourth-order valence-electron chi connectivity index (χ4n) is 3.24. The number of ether oxygens (including phenoxy) is 1. The molecule has 4 aromatic carbocycles. The Balaban J connectivity index is 1.45. The summed E-state index contributed by atoms with van der Waals surface area (Å²) in [4.78, 5) is 0. The zero-order valence-corrected chi connectivity index (χ0v) is 16.3. The molecular formula is C27H21NO. The number of rotatable bonds is 5. The molecule has 0 saturated heterocycles. The van der Waals surface area contributed by atoms with Gasteiger partial charge in [0.05, 0.1) is 11.6 Å². The first-order valence-electron chi connectivity index (χ1n) is 9.61. The molecule has 0 unspecified atom stereocenters. The number of aryl methyl sites for hydroxylation is 1. The summed E-state index contributed by atoms with van der Waals surface area (Å²) in [5, 5.41) is 12.0. The third kappa shape index (κ3) is 4.54. The van der Waals surface area contributed by atoms with Crippen LogP contribution in [0.1, 0.15) is 22.3 Å². The van der Waals surface area contributed by atoms with E-state index in [1.54, 1.807) is 0 Å². The van der Waals surface area contributed by atoms with Crippen molar-refractivity contribution in [1.29, 1.82) is 5.26 Å². The first-order valence-corrected chi connectivity index (χ1v) is 9.61. The molecule has 0 radical (unpaired) electrons. The number of nitriles is 1. The third-order valence-corrected chi connectivity index (χ3v) is 4.89. The van der Waals surface area contributed by atoms with Crippen LogP contribution in [0, 0.1) is 18.3 Å². The standard InChI is InChI=1S/C27H21NO/c1-20-6-11-24(12-7-20)26(18-28)16-21-9-14-27(15-10-21)29-19-22-8-13-23-4-2-3-5-25(23)17-22/h2-17H,19H2,1H3/b26-16-. The lowest BCUT2D eigenvalue weighted by molar-refractivity contribution is 0.306. The minimum Gasteiger partial charge on any atom is -0.489 e. The normalized spacial score (nSPS) is 11.2. The van der Waals surface area contributed by atoms with Gasteiger partial charge < -0.3 is 4.74 Å². The van der Waals surface area contributed by atoms with Gasteiger partial charge >= 0.3 is 0 Å². The van der Waals surface area contributed by atoms with Gasteiger partial charge in [0, 0.05) is 0 Å². The molecule has 0 heterocycles. The van der Waals surface area contributed by atoms with E-state index in [-0.39, 0.29) is 0 Å². The Bertz CT molecular complexity index is 1200. The molecule has 0 aliphatic heterocycles. The number of hydrogen-bond acceptors (Lipinski definition) is 2.